The molecular weight excluding hydrogens is 679 g/mol. The number of hydrogen-bond acceptors (Lipinski definition) is 6. The third-order valence-electron chi connectivity index (χ3n) is 9.95. The first-order chi connectivity index (χ1) is 27.2. The summed E-state index contributed by atoms with van der Waals surface area (Å²) >= 11 is 0. The molecule has 5 rings (SSSR count). The lowest BCUT2D eigenvalue weighted by atomic mass is 10.0. The zero-order valence-electron chi connectivity index (χ0n) is 32.8. The van der Waals surface area contributed by atoms with Gasteiger partial charge in [-0.3, -0.25) is 4.99 Å². The molecule has 4 aromatic rings. The largest absolute Gasteiger partial charge is 0.494 e. The van der Waals surface area contributed by atoms with Gasteiger partial charge in [-0.2, -0.15) is 10.2 Å². The summed E-state index contributed by atoms with van der Waals surface area (Å²) in [6, 6.07) is 30.2. The molecule has 288 valence electrons. The molecule has 0 amide bonds. The van der Waals surface area contributed by atoms with Crippen molar-refractivity contribution < 1.29 is 14.3 Å². The molecule has 0 unspecified atom stereocenters. The third-order valence-corrected chi connectivity index (χ3v) is 9.95. The van der Waals surface area contributed by atoms with E-state index >= 15 is 0 Å². The van der Waals surface area contributed by atoms with Crippen LogP contribution in [0.25, 0.3) is 5.57 Å². The van der Waals surface area contributed by atoms with Crippen LogP contribution in [-0.2, 0) is 0 Å². The van der Waals surface area contributed by atoms with E-state index in [9.17, 15) is 4.79 Å². The number of carbonyl (C=O) groups is 1. The number of nitrogens with zero attached hydrogens (tertiary/aromatic N) is 3. The minimum Gasteiger partial charge on any atom is -0.494 e. The molecule has 0 radical (unpaired) electrons. The Morgan fingerprint density at radius 1 is 0.582 bits per heavy atom. The predicted octanol–water partition coefficient (Wildman–Crippen LogP) is 15.1. The molecular formula is C49H59N3O3. The number of unbranched alkanes of at least 4 members (excludes halogenated alkanes) is 15. The van der Waals surface area contributed by atoms with Crippen molar-refractivity contribution in [3.63, 3.8) is 0 Å². The topological polar surface area (TPSA) is 72.6 Å². The van der Waals surface area contributed by atoms with Crippen LogP contribution in [-0.4, -0.2) is 18.8 Å². The van der Waals surface area contributed by atoms with Crippen LogP contribution in [0.1, 0.15) is 138 Å². The molecule has 1 aliphatic rings. The molecule has 0 fully saturated rings. The highest BCUT2D eigenvalue weighted by atomic mass is 16.5. The lowest BCUT2D eigenvalue weighted by Crippen LogP contribution is -2.08. The number of hydrogen-bond donors (Lipinski definition) is 0. The van der Waals surface area contributed by atoms with Gasteiger partial charge in [0.05, 0.1) is 29.2 Å². The number of ether oxygens (including phenoxy) is 2. The maximum absolute atomic E-state index is 12.6. The van der Waals surface area contributed by atoms with Gasteiger partial charge in [0.25, 0.3) is 0 Å². The molecule has 0 N–H and O–H groups in total. The quantitative estimate of drug-likeness (QED) is 0.0223. The van der Waals surface area contributed by atoms with Gasteiger partial charge in [0.15, 0.2) is 0 Å². The maximum atomic E-state index is 12.6. The van der Waals surface area contributed by atoms with Gasteiger partial charge in [0, 0.05) is 6.21 Å². The number of aliphatic imine (C=N–C) groups is 1. The summed E-state index contributed by atoms with van der Waals surface area (Å²) in [4.78, 5) is 17.2. The molecule has 6 nitrogen and oxygen atoms in total. The smallest absolute Gasteiger partial charge is 0.343 e. The van der Waals surface area contributed by atoms with Crippen molar-refractivity contribution in [1.29, 1.82) is 0 Å². The number of benzene rings is 4. The summed E-state index contributed by atoms with van der Waals surface area (Å²) in [5.74, 6) is 0.953. The maximum Gasteiger partial charge on any atom is 0.343 e. The molecule has 1 aliphatic carbocycles. The minimum absolute atomic E-state index is 0.399. The fraction of sp³-hybridized carbons (Fsp3) is 0.388. The standard InChI is InChI=1S/C49H59N3O3/c1-2-3-4-5-6-7-8-9-10-11-12-13-14-15-16-19-38-54-47-34-22-40(23-35-47)39-50-44-28-30-45(31-29-44)51-52-46-32-36-48(37-33-46)55-49(53)43-26-24-42(25-27-43)41-20-17-18-21-41/h17-18,20,22-37,39H,2-16,19,21,38H2,1H3. The first-order valence-corrected chi connectivity index (χ1v) is 20.7. The normalized spacial score (nSPS) is 12.5. The van der Waals surface area contributed by atoms with E-state index in [1.807, 2.05) is 73.0 Å². The van der Waals surface area contributed by atoms with Crippen LogP contribution in [0.3, 0.4) is 0 Å². The molecule has 0 atom stereocenters. The van der Waals surface area contributed by atoms with Crippen LogP contribution in [0.15, 0.2) is 131 Å². The van der Waals surface area contributed by atoms with E-state index in [1.165, 1.54) is 102 Å². The Morgan fingerprint density at radius 3 is 1.64 bits per heavy atom. The summed E-state index contributed by atoms with van der Waals surface area (Å²) in [5.41, 5.74) is 6.07. The van der Waals surface area contributed by atoms with Crippen molar-refractivity contribution >= 4 is 34.8 Å². The Morgan fingerprint density at radius 2 is 1.09 bits per heavy atom. The van der Waals surface area contributed by atoms with Crippen LogP contribution in [0.5, 0.6) is 11.5 Å². The van der Waals surface area contributed by atoms with Crippen molar-refractivity contribution in [3.05, 3.63) is 132 Å². The molecule has 0 aliphatic heterocycles. The van der Waals surface area contributed by atoms with Gasteiger partial charge >= 0.3 is 5.97 Å². The molecule has 55 heavy (non-hydrogen) atoms. The van der Waals surface area contributed by atoms with E-state index in [0.29, 0.717) is 22.7 Å². The van der Waals surface area contributed by atoms with Crippen LogP contribution < -0.4 is 9.47 Å². The van der Waals surface area contributed by atoms with Crippen LogP contribution in [0.4, 0.5) is 17.1 Å². The van der Waals surface area contributed by atoms with Crippen molar-refractivity contribution in [2.45, 2.75) is 116 Å². The van der Waals surface area contributed by atoms with Gasteiger partial charge in [0.2, 0.25) is 0 Å². The van der Waals surface area contributed by atoms with E-state index in [2.05, 4.69) is 34.3 Å². The summed E-state index contributed by atoms with van der Waals surface area (Å²) in [6.07, 6.45) is 31.0. The van der Waals surface area contributed by atoms with Crippen LogP contribution >= 0.6 is 0 Å². The van der Waals surface area contributed by atoms with Gasteiger partial charge in [-0.05, 0) is 114 Å². The van der Waals surface area contributed by atoms with E-state index < -0.39 is 5.97 Å². The number of esters is 1. The highest BCUT2D eigenvalue weighted by molar-refractivity contribution is 5.91. The molecule has 0 heterocycles. The second-order valence-corrected chi connectivity index (χ2v) is 14.5. The van der Waals surface area contributed by atoms with Gasteiger partial charge in [-0.25, -0.2) is 4.79 Å². The molecule has 0 bridgehead atoms. The Labute approximate surface area is 329 Å². The number of azo groups is 1. The van der Waals surface area contributed by atoms with E-state index in [1.54, 1.807) is 36.4 Å². The fourth-order valence-corrected chi connectivity index (χ4v) is 6.59. The van der Waals surface area contributed by atoms with Gasteiger partial charge in [-0.1, -0.05) is 134 Å². The minimum atomic E-state index is -0.399. The van der Waals surface area contributed by atoms with E-state index in [0.717, 1.165) is 42.0 Å². The summed E-state index contributed by atoms with van der Waals surface area (Å²) in [6.45, 7) is 3.05. The molecule has 6 heteroatoms. The lowest BCUT2D eigenvalue weighted by Gasteiger charge is -2.06. The second kappa shape index (κ2) is 24.3. The van der Waals surface area contributed by atoms with Crippen molar-refractivity contribution in [1.82, 2.24) is 0 Å². The Hall–Kier alpha value is -5.10. The molecule has 0 aromatic heterocycles. The summed E-state index contributed by atoms with van der Waals surface area (Å²) in [5, 5.41) is 8.66. The lowest BCUT2D eigenvalue weighted by molar-refractivity contribution is 0.0734. The summed E-state index contributed by atoms with van der Waals surface area (Å²) < 4.78 is 11.5. The fourth-order valence-electron chi connectivity index (χ4n) is 6.59. The highest BCUT2D eigenvalue weighted by Crippen LogP contribution is 2.26. The van der Waals surface area contributed by atoms with Gasteiger partial charge in [-0.15, -0.1) is 0 Å². The molecule has 4 aromatic carbocycles. The average Bonchev–Trinajstić information content (AvgIpc) is 3.77. The second-order valence-electron chi connectivity index (χ2n) is 14.5. The zero-order chi connectivity index (χ0) is 38.2. The van der Waals surface area contributed by atoms with Crippen molar-refractivity contribution in [2.75, 3.05) is 6.61 Å². The average molecular weight is 738 g/mol. The highest BCUT2D eigenvalue weighted by Gasteiger charge is 2.10. The SMILES string of the molecule is CCCCCCCCCCCCCCCCCCOc1ccc(C=Nc2ccc(N=Nc3ccc(OC(=O)c4ccc(C5=CC=CC5)cc4)cc3)cc2)cc1. The summed E-state index contributed by atoms with van der Waals surface area (Å²) in [7, 11) is 0. The monoisotopic (exact) mass is 737 g/mol. The molecule has 0 spiro atoms. The van der Waals surface area contributed by atoms with Crippen molar-refractivity contribution in [3.8, 4) is 11.5 Å². The molecule has 0 saturated carbocycles. The van der Waals surface area contributed by atoms with E-state index in [-0.39, 0.29) is 0 Å². The van der Waals surface area contributed by atoms with Gasteiger partial charge < -0.3 is 9.47 Å². The Kier molecular flexibility index (Phi) is 18.2. The van der Waals surface area contributed by atoms with Gasteiger partial charge in [0.1, 0.15) is 11.5 Å². The third kappa shape index (κ3) is 15.7. The first kappa shape index (κ1) is 41.1. The molecule has 0 saturated heterocycles. The first-order valence-electron chi connectivity index (χ1n) is 20.7. The van der Waals surface area contributed by atoms with Crippen molar-refractivity contribution in [2.24, 2.45) is 15.2 Å². The zero-order valence-corrected chi connectivity index (χ0v) is 32.8. The number of carbonyl (C=O) groups excluding carboxylic acids is 1. The van der Waals surface area contributed by atoms with Crippen LogP contribution in [0.2, 0.25) is 0 Å². The van der Waals surface area contributed by atoms with Crippen LogP contribution in [0, 0.1) is 0 Å². The number of rotatable bonds is 25. The predicted molar refractivity (Wildman–Crippen MR) is 229 cm³/mol. The Bertz CT molecular complexity index is 1810. The number of allylic oxidation sites excluding steroid dienone is 4. The Balaban J connectivity index is 0.913. The van der Waals surface area contributed by atoms with E-state index in [4.69, 9.17) is 9.47 Å².